The van der Waals surface area contributed by atoms with Crippen LogP contribution in [0.4, 0.5) is 5.13 Å². The summed E-state index contributed by atoms with van der Waals surface area (Å²) in [5.41, 5.74) is 2.23. The molecule has 1 amide bonds. The summed E-state index contributed by atoms with van der Waals surface area (Å²) in [4.78, 5) is 21.3. The first-order valence-corrected chi connectivity index (χ1v) is 7.80. The number of aliphatic imine (C=N–C) groups is 1. The number of benzene rings is 1. The average molecular weight is 316 g/mol. The third-order valence-electron chi connectivity index (χ3n) is 3.47. The molecule has 0 fully saturated rings. The van der Waals surface area contributed by atoms with Crippen molar-refractivity contribution in [3.8, 4) is 0 Å². The zero-order chi connectivity index (χ0) is 15.7. The van der Waals surface area contributed by atoms with Crippen LogP contribution in [-0.2, 0) is 4.79 Å². The number of aliphatic hydroxyl groups excluding tert-OH is 1. The molecule has 0 bridgehead atoms. The van der Waals surface area contributed by atoms with Crippen LogP contribution in [0.3, 0.4) is 0 Å². The highest BCUT2D eigenvalue weighted by Gasteiger charge is 2.37. The van der Waals surface area contributed by atoms with Gasteiger partial charge >= 0.3 is 0 Å². The van der Waals surface area contributed by atoms with Gasteiger partial charge in [-0.1, -0.05) is 23.5 Å². The zero-order valence-corrected chi connectivity index (χ0v) is 13.2. The van der Waals surface area contributed by atoms with Crippen molar-refractivity contribution >= 4 is 44.0 Å². The van der Waals surface area contributed by atoms with Crippen LogP contribution in [0.25, 0.3) is 10.2 Å². The molecule has 1 aliphatic rings. The normalized spacial score (nSPS) is 19.1. The number of para-hydroxylation sites is 1. The van der Waals surface area contributed by atoms with Gasteiger partial charge in [0.05, 0.1) is 29.1 Å². The summed E-state index contributed by atoms with van der Waals surface area (Å²) in [5.74, 6) is -0.602. The minimum atomic E-state index is -0.460. The molecule has 7 heteroatoms. The van der Waals surface area contributed by atoms with Crippen molar-refractivity contribution in [1.29, 1.82) is 0 Å². The maximum absolute atomic E-state index is 12.6. The number of aliphatic hydroxyl groups is 1. The summed E-state index contributed by atoms with van der Waals surface area (Å²) in [5, 5.41) is 15.1. The van der Waals surface area contributed by atoms with Crippen molar-refractivity contribution in [2.24, 2.45) is 16.0 Å². The van der Waals surface area contributed by atoms with Crippen LogP contribution in [0.15, 0.2) is 34.4 Å². The van der Waals surface area contributed by atoms with Crippen molar-refractivity contribution in [2.75, 3.05) is 18.2 Å². The smallest absolute Gasteiger partial charge is 0.264 e. The number of aromatic nitrogens is 1. The first-order chi connectivity index (χ1) is 10.6. The fourth-order valence-corrected chi connectivity index (χ4v) is 3.37. The lowest BCUT2D eigenvalue weighted by Crippen LogP contribution is -2.31. The van der Waals surface area contributed by atoms with Gasteiger partial charge in [0, 0.05) is 5.71 Å². The molecule has 1 aromatic heterocycles. The Morgan fingerprint density at radius 3 is 2.95 bits per heavy atom. The second-order valence-electron chi connectivity index (χ2n) is 5.04. The minimum Gasteiger partial charge on any atom is -0.394 e. The molecular weight excluding hydrogens is 300 g/mol. The van der Waals surface area contributed by atoms with E-state index in [-0.39, 0.29) is 12.5 Å². The molecule has 3 rings (SSSR count). The lowest BCUT2D eigenvalue weighted by Gasteiger charge is -2.11. The fourth-order valence-electron chi connectivity index (χ4n) is 2.45. The van der Waals surface area contributed by atoms with E-state index in [1.54, 1.807) is 6.92 Å². The molecule has 22 heavy (non-hydrogen) atoms. The molecule has 1 aliphatic heterocycles. The predicted octanol–water partition coefficient (Wildman–Crippen LogP) is 2.09. The Bertz CT molecular complexity index is 748. The second-order valence-corrected chi connectivity index (χ2v) is 6.04. The molecule has 0 radical (unpaired) electrons. The van der Waals surface area contributed by atoms with E-state index in [4.69, 9.17) is 5.11 Å². The molecule has 0 unspecified atom stereocenters. The number of hydrogen-bond donors (Lipinski definition) is 1. The van der Waals surface area contributed by atoms with Crippen molar-refractivity contribution < 1.29 is 9.90 Å². The van der Waals surface area contributed by atoms with Crippen LogP contribution >= 0.6 is 11.3 Å². The number of amides is 1. The number of rotatable bonds is 4. The van der Waals surface area contributed by atoms with Gasteiger partial charge in [-0.2, -0.15) is 10.1 Å². The average Bonchev–Trinajstić information content (AvgIpc) is 3.05. The van der Waals surface area contributed by atoms with Crippen molar-refractivity contribution in [3.63, 3.8) is 0 Å². The van der Waals surface area contributed by atoms with Crippen LogP contribution in [0.1, 0.15) is 13.8 Å². The lowest BCUT2D eigenvalue weighted by atomic mass is 9.99. The Labute approximate surface area is 131 Å². The third-order valence-corrected chi connectivity index (χ3v) is 4.49. The van der Waals surface area contributed by atoms with Crippen LogP contribution in [0.5, 0.6) is 0 Å². The molecule has 114 valence electrons. The van der Waals surface area contributed by atoms with Gasteiger partial charge in [-0.15, -0.1) is 0 Å². The molecule has 1 aromatic carbocycles. The quantitative estimate of drug-likeness (QED) is 0.877. The van der Waals surface area contributed by atoms with Crippen LogP contribution in [0, 0.1) is 5.92 Å². The monoisotopic (exact) mass is 316 g/mol. The first kappa shape index (κ1) is 14.8. The van der Waals surface area contributed by atoms with Gasteiger partial charge in [0.1, 0.15) is 5.92 Å². The van der Waals surface area contributed by atoms with Gasteiger partial charge in [-0.05, 0) is 26.0 Å². The van der Waals surface area contributed by atoms with Gasteiger partial charge < -0.3 is 5.11 Å². The lowest BCUT2D eigenvalue weighted by molar-refractivity contribution is -0.118. The number of nitrogens with zero attached hydrogens (tertiary/aromatic N) is 4. The summed E-state index contributed by atoms with van der Waals surface area (Å²) in [6.45, 7) is 3.87. The maximum atomic E-state index is 12.6. The Balaban J connectivity index is 1.92. The van der Waals surface area contributed by atoms with E-state index in [1.807, 2.05) is 31.2 Å². The molecule has 2 heterocycles. The van der Waals surface area contributed by atoms with Gasteiger partial charge in [0.15, 0.2) is 0 Å². The summed E-state index contributed by atoms with van der Waals surface area (Å²) < 4.78 is 1.02. The molecule has 0 spiro atoms. The van der Waals surface area contributed by atoms with Gasteiger partial charge in [-0.25, -0.2) is 4.98 Å². The molecular formula is C15H16N4O2S. The van der Waals surface area contributed by atoms with Gasteiger partial charge in [-0.3, -0.25) is 9.79 Å². The Morgan fingerprint density at radius 2 is 2.23 bits per heavy atom. The fraction of sp³-hybridized carbons (Fsp3) is 0.333. The molecule has 1 N–H and O–H groups in total. The van der Waals surface area contributed by atoms with Crippen molar-refractivity contribution in [1.82, 2.24) is 4.98 Å². The van der Waals surface area contributed by atoms with E-state index in [0.717, 1.165) is 10.2 Å². The number of anilines is 1. The highest BCUT2D eigenvalue weighted by molar-refractivity contribution is 7.22. The van der Waals surface area contributed by atoms with Crippen LogP contribution < -0.4 is 5.01 Å². The summed E-state index contributed by atoms with van der Waals surface area (Å²) in [6.07, 6.45) is 0. The van der Waals surface area contributed by atoms with E-state index in [1.165, 1.54) is 16.3 Å². The van der Waals surface area contributed by atoms with E-state index < -0.39 is 5.92 Å². The maximum Gasteiger partial charge on any atom is 0.264 e. The number of carbonyl (C=O) groups excluding carboxylic acids is 1. The number of carbonyl (C=O) groups is 1. The largest absolute Gasteiger partial charge is 0.394 e. The second kappa shape index (κ2) is 5.94. The Kier molecular flexibility index (Phi) is 4.00. The molecule has 2 aromatic rings. The molecule has 6 nitrogen and oxygen atoms in total. The molecule has 0 saturated heterocycles. The van der Waals surface area contributed by atoms with Crippen LogP contribution in [0.2, 0.25) is 0 Å². The first-order valence-electron chi connectivity index (χ1n) is 6.98. The standard InChI is InChI=1S/C15H16N4O2S/c1-9(16-7-8-20)13-10(2)18-19(14(13)21)15-17-11-5-3-4-6-12(11)22-15/h3-6,13,20H,7-8H2,1-2H3/t13-/m0/s1. The number of hydrogen-bond acceptors (Lipinski definition) is 6. The topological polar surface area (TPSA) is 78.2 Å². The SMILES string of the molecule is CC(=NCCO)[C@@H]1C(=O)N(c2nc3ccccc3s2)N=C1C. The Morgan fingerprint density at radius 1 is 1.45 bits per heavy atom. The summed E-state index contributed by atoms with van der Waals surface area (Å²) >= 11 is 1.44. The zero-order valence-electron chi connectivity index (χ0n) is 12.4. The van der Waals surface area contributed by atoms with Crippen molar-refractivity contribution in [2.45, 2.75) is 13.8 Å². The Hall–Kier alpha value is -2.12. The third kappa shape index (κ3) is 2.53. The number of fused-ring (bicyclic) bond motifs is 1. The molecule has 1 atom stereocenters. The van der Waals surface area contributed by atoms with E-state index in [0.29, 0.717) is 23.1 Å². The van der Waals surface area contributed by atoms with E-state index in [2.05, 4.69) is 15.1 Å². The highest BCUT2D eigenvalue weighted by Crippen LogP contribution is 2.32. The van der Waals surface area contributed by atoms with E-state index in [9.17, 15) is 4.79 Å². The minimum absolute atomic E-state index is 0.0317. The van der Waals surface area contributed by atoms with Gasteiger partial charge in [0.25, 0.3) is 5.91 Å². The van der Waals surface area contributed by atoms with E-state index >= 15 is 0 Å². The summed E-state index contributed by atoms with van der Waals surface area (Å²) in [6, 6.07) is 7.75. The summed E-state index contributed by atoms with van der Waals surface area (Å²) in [7, 11) is 0. The highest BCUT2D eigenvalue weighted by atomic mass is 32.1. The number of hydrazone groups is 1. The van der Waals surface area contributed by atoms with Gasteiger partial charge in [0.2, 0.25) is 5.13 Å². The molecule has 0 aliphatic carbocycles. The number of thiazole rings is 1. The molecule has 0 saturated carbocycles. The predicted molar refractivity (Wildman–Crippen MR) is 88.8 cm³/mol. The van der Waals surface area contributed by atoms with Crippen molar-refractivity contribution in [3.05, 3.63) is 24.3 Å². The van der Waals surface area contributed by atoms with Crippen LogP contribution in [-0.4, -0.2) is 40.6 Å².